The van der Waals surface area contributed by atoms with Crippen molar-refractivity contribution in [3.05, 3.63) is 271 Å². The zero-order valence-corrected chi connectivity index (χ0v) is 44.4. The van der Waals surface area contributed by atoms with Crippen LogP contribution in [0.15, 0.2) is 249 Å². The molecule has 4 aromatic heterocycles. The quantitative estimate of drug-likeness (QED) is 0.152. The molecule has 0 spiro atoms. The maximum Gasteiger partial charge on any atom is 0.160 e. The number of nitrogens with zero attached hydrogens (tertiary/aromatic N) is 5. The van der Waals surface area contributed by atoms with Crippen molar-refractivity contribution in [2.24, 2.45) is 0 Å². The van der Waals surface area contributed by atoms with Crippen molar-refractivity contribution in [1.29, 1.82) is 0 Å². The average Bonchev–Trinajstić information content (AvgIpc) is 4.30. The van der Waals surface area contributed by atoms with Crippen molar-refractivity contribution in [3.63, 3.8) is 0 Å². The van der Waals surface area contributed by atoms with E-state index in [1.165, 1.54) is 98.9 Å². The third-order valence-electron chi connectivity index (χ3n) is 16.3. The van der Waals surface area contributed by atoms with Crippen molar-refractivity contribution in [1.82, 2.24) is 23.7 Å². The van der Waals surface area contributed by atoms with Gasteiger partial charge in [0.2, 0.25) is 0 Å². The van der Waals surface area contributed by atoms with Crippen LogP contribution in [0.2, 0.25) is 0 Å². The van der Waals surface area contributed by atoms with Gasteiger partial charge in [-0.2, -0.15) is 0 Å². The minimum absolute atomic E-state index is 0.725. The number of aryl methyl sites for hydroxylation is 4. The van der Waals surface area contributed by atoms with Crippen LogP contribution < -0.4 is 0 Å². The van der Waals surface area contributed by atoms with Gasteiger partial charge in [-0.25, -0.2) is 9.97 Å². The van der Waals surface area contributed by atoms with Crippen molar-refractivity contribution in [2.75, 3.05) is 0 Å². The monoisotopic (exact) mass is 1010 g/mol. The number of hydrogen-bond donors (Lipinski definition) is 0. The van der Waals surface area contributed by atoms with E-state index >= 15 is 0 Å². The Morgan fingerprint density at radius 2 is 0.608 bits per heavy atom. The largest absolute Gasteiger partial charge is 0.309 e. The third-order valence-corrected chi connectivity index (χ3v) is 16.3. The number of benzene rings is 11. The van der Waals surface area contributed by atoms with Gasteiger partial charge >= 0.3 is 0 Å². The van der Waals surface area contributed by atoms with E-state index in [1.807, 2.05) is 0 Å². The SMILES string of the molecule is Cc1ccc(-c2cc(-c3cc(C)c(-c4ccc(-c5ccc(-n6c7ccc(-n8c9ccccc9c9ccccc98)cc7c7cc(-n8c9ccccc9c9ccccc98)ccc76)cc5)cc4)cc3C)nc(-c3ccc(C)cc3)n2)cc1. The molecule has 15 rings (SSSR count). The number of fused-ring (bicyclic) bond motifs is 9. The maximum absolute atomic E-state index is 5.20. The third kappa shape index (κ3) is 7.68. The Balaban J connectivity index is 0.797. The van der Waals surface area contributed by atoms with E-state index in [9.17, 15) is 0 Å². The highest BCUT2D eigenvalue weighted by atomic mass is 15.0. The summed E-state index contributed by atoms with van der Waals surface area (Å²) in [6.07, 6.45) is 0. The lowest BCUT2D eigenvalue weighted by atomic mass is 9.92. The van der Waals surface area contributed by atoms with E-state index < -0.39 is 0 Å². The molecule has 5 heteroatoms. The lowest BCUT2D eigenvalue weighted by molar-refractivity contribution is 1.16. The Morgan fingerprint density at radius 1 is 0.253 bits per heavy atom. The predicted molar refractivity (Wildman–Crippen MR) is 331 cm³/mol. The first-order valence-electron chi connectivity index (χ1n) is 27.2. The van der Waals surface area contributed by atoms with Gasteiger partial charge in [0.1, 0.15) is 0 Å². The van der Waals surface area contributed by atoms with Gasteiger partial charge in [-0.15, -0.1) is 0 Å². The molecule has 0 aliphatic rings. The Hall–Kier alpha value is -10.1. The van der Waals surface area contributed by atoms with E-state index in [4.69, 9.17) is 9.97 Å². The summed E-state index contributed by atoms with van der Waals surface area (Å²) >= 11 is 0. The van der Waals surface area contributed by atoms with E-state index in [0.717, 1.165) is 62.0 Å². The summed E-state index contributed by atoms with van der Waals surface area (Å²) in [4.78, 5) is 10.3. The molecule has 0 aliphatic heterocycles. The summed E-state index contributed by atoms with van der Waals surface area (Å²) in [6, 6.07) is 91.0. The molecule has 0 atom stereocenters. The van der Waals surface area contributed by atoms with Gasteiger partial charge in [0.15, 0.2) is 5.82 Å². The lowest BCUT2D eigenvalue weighted by Gasteiger charge is -2.15. The van der Waals surface area contributed by atoms with E-state index in [-0.39, 0.29) is 0 Å². The highest BCUT2D eigenvalue weighted by Gasteiger charge is 2.20. The van der Waals surface area contributed by atoms with Gasteiger partial charge in [-0.3, -0.25) is 0 Å². The van der Waals surface area contributed by atoms with Crippen LogP contribution in [0, 0.1) is 27.7 Å². The minimum atomic E-state index is 0.725. The van der Waals surface area contributed by atoms with Gasteiger partial charge < -0.3 is 13.7 Å². The van der Waals surface area contributed by atoms with Gasteiger partial charge in [0.05, 0.1) is 44.5 Å². The van der Waals surface area contributed by atoms with E-state index in [2.05, 4.69) is 290 Å². The molecule has 0 fully saturated rings. The van der Waals surface area contributed by atoms with Crippen molar-refractivity contribution >= 4 is 65.4 Å². The fourth-order valence-corrected chi connectivity index (χ4v) is 12.3. The normalized spacial score (nSPS) is 11.8. The number of rotatable bonds is 8. The summed E-state index contributed by atoms with van der Waals surface area (Å²) in [6.45, 7) is 8.62. The highest BCUT2D eigenvalue weighted by molar-refractivity contribution is 6.14. The molecule has 0 bridgehead atoms. The summed E-state index contributed by atoms with van der Waals surface area (Å²) in [5.74, 6) is 0.725. The molecule has 4 heterocycles. The molecule has 0 unspecified atom stereocenters. The summed E-state index contributed by atoms with van der Waals surface area (Å²) in [5.41, 5.74) is 25.0. The predicted octanol–water partition coefficient (Wildman–Crippen LogP) is 19.3. The van der Waals surface area contributed by atoms with Crippen LogP contribution in [0.1, 0.15) is 22.3 Å². The second kappa shape index (κ2) is 18.3. The van der Waals surface area contributed by atoms with Crippen LogP contribution in [0.3, 0.4) is 0 Å². The lowest BCUT2D eigenvalue weighted by Crippen LogP contribution is -1.98. The molecule has 11 aromatic carbocycles. The fraction of sp³-hybridized carbons (Fsp3) is 0.0541. The molecule has 0 saturated heterocycles. The molecular formula is C74H53N5. The minimum Gasteiger partial charge on any atom is -0.309 e. The zero-order valence-electron chi connectivity index (χ0n) is 44.4. The van der Waals surface area contributed by atoms with Gasteiger partial charge in [-0.05, 0) is 146 Å². The standard InChI is InChI=1S/C74H53N5/c1-46-21-25-53(26-22-46)66-45-67(76-74(75-66)54-27-23-47(2)24-28-54)63-42-48(3)62(41-49(63)4)52-31-29-50(30-32-52)51-33-35-55(36-34-51)77-72-39-37-56(78-68-17-9-5-13-58(68)59-14-6-10-18-69(59)78)43-64(72)65-44-57(38-40-73(65)77)79-70-19-11-7-15-60(70)61-16-8-12-20-71(61)79/h5-45H,1-4H3. The van der Waals surface area contributed by atoms with Crippen LogP contribution >= 0.6 is 0 Å². The first kappa shape index (κ1) is 46.2. The van der Waals surface area contributed by atoms with Gasteiger partial charge in [0.25, 0.3) is 0 Å². The van der Waals surface area contributed by atoms with Gasteiger partial charge in [0, 0.05) is 66.1 Å². The van der Waals surface area contributed by atoms with Crippen LogP contribution in [0.25, 0.3) is 139 Å². The number of para-hydroxylation sites is 4. The molecule has 15 aromatic rings. The summed E-state index contributed by atoms with van der Waals surface area (Å²) in [5, 5.41) is 7.41. The molecular weight excluding hydrogens is 959 g/mol. The van der Waals surface area contributed by atoms with Crippen molar-refractivity contribution in [2.45, 2.75) is 27.7 Å². The summed E-state index contributed by atoms with van der Waals surface area (Å²) < 4.78 is 7.28. The summed E-state index contributed by atoms with van der Waals surface area (Å²) in [7, 11) is 0. The molecule has 0 radical (unpaired) electrons. The molecule has 0 N–H and O–H groups in total. The molecule has 0 amide bonds. The second-order valence-electron chi connectivity index (χ2n) is 21.3. The molecule has 0 saturated carbocycles. The van der Waals surface area contributed by atoms with Crippen LogP contribution in [-0.4, -0.2) is 23.7 Å². The maximum atomic E-state index is 5.20. The van der Waals surface area contributed by atoms with Crippen LogP contribution in [0.4, 0.5) is 0 Å². The number of hydrogen-bond acceptors (Lipinski definition) is 2. The fourth-order valence-electron chi connectivity index (χ4n) is 12.3. The van der Waals surface area contributed by atoms with Crippen molar-refractivity contribution in [3.8, 4) is 73.2 Å². The molecule has 5 nitrogen and oxygen atoms in total. The number of aromatic nitrogens is 5. The van der Waals surface area contributed by atoms with E-state index in [1.54, 1.807) is 0 Å². The Labute approximate surface area is 458 Å². The Morgan fingerprint density at radius 3 is 1.10 bits per heavy atom. The van der Waals surface area contributed by atoms with Crippen LogP contribution in [-0.2, 0) is 0 Å². The van der Waals surface area contributed by atoms with E-state index in [0.29, 0.717) is 0 Å². The highest BCUT2D eigenvalue weighted by Crippen LogP contribution is 2.41. The van der Waals surface area contributed by atoms with Crippen molar-refractivity contribution < 1.29 is 0 Å². The first-order valence-corrected chi connectivity index (χ1v) is 27.2. The zero-order chi connectivity index (χ0) is 52.9. The second-order valence-corrected chi connectivity index (χ2v) is 21.3. The topological polar surface area (TPSA) is 40.6 Å². The Bertz CT molecular complexity index is 4560. The smallest absolute Gasteiger partial charge is 0.160 e. The molecule has 0 aliphatic carbocycles. The average molecular weight is 1010 g/mol. The Kier molecular flexibility index (Phi) is 10.7. The first-order chi connectivity index (χ1) is 38.8. The van der Waals surface area contributed by atoms with Crippen LogP contribution in [0.5, 0.6) is 0 Å². The molecule has 374 valence electrons. The van der Waals surface area contributed by atoms with Gasteiger partial charge in [-0.1, -0.05) is 175 Å². The molecule has 79 heavy (non-hydrogen) atoms.